The van der Waals surface area contributed by atoms with Gasteiger partial charge in [0.1, 0.15) is 11.5 Å². The molecule has 0 N–H and O–H groups in total. The van der Waals surface area contributed by atoms with Gasteiger partial charge < -0.3 is 9.47 Å². The number of ether oxygens (including phenoxy) is 2. The number of halogens is 2. The van der Waals surface area contributed by atoms with Gasteiger partial charge in [-0.3, -0.25) is 0 Å². The Morgan fingerprint density at radius 3 is 2.14 bits per heavy atom. The zero-order valence-corrected chi connectivity index (χ0v) is 13.9. The molecule has 22 heavy (non-hydrogen) atoms. The molecule has 0 aliphatic carbocycles. The first-order chi connectivity index (χ1) is 10.8. The van der Waals surface area contributed by atoms with Gasteiger partial charge in [0, 0.05) is 17.3 Å². The first-order valence-corrected chi connectivity index (χ1v) is 8.49. The predicted molar refractivity (Wildman–Crippen MR) is 93.5 cm³/mol. The summed E-state index contributed by atoms with van der Waals surface area (Å²) in [6, 6.07) is 16.0. The summed E-state index contributed by atoms with van der Waals surface area (Å²) in [5, 5.41) is 0. The topological polar surface area (TPSA) is 18.5 Å². The average Bonchev–Trinajstić information content (AvgIpc) is 2.57. The molecule has 0 atom stereocenters. The fourth-order valence-corrected chi connectivity index (χ4v) is 2.27. The van der Waals surface area contributed by atoms with Crippen molar-refractivity contribution in [1.29, 1.82) is 0 Å². The lowest BCUT2D eigenvalue weighted by Gasteiger charge is -2.14. The van der Waals surface area contributed by atoms with Crippen molar-refractivity contribution < 1.29 is 9.47 Å². The van der Waals surface area contributed by atoms with E-state index in [0.29, 0.717) is 25.0 Å². The highest BCUT2D eigenvalue weighted by molar-refractivity contribution is 6.18. The minimum atomic E-state index is 0.598. The van der Waals surface area contributed by atoms with Crippen LogP contribution in [0.2, 0.25) is 0 Å². The predicted octanol–water partition coefficient (Wildman–Crippen LogP) is 5.37. The first kappa shape index (κ1) is 17.0. The van der Waals surface area contributed by atoms with Crippen molar-refractivity contribution in [1.82, 2.24) is 0 Å². The summed E-state index contributed by atoms with van der Waals surface area (Å²) in [4.78, 5) is 0. The van der Waals surface area contributed by atoms with Crippen molar-refractivity contribution in [2.45, 2.75) is 12.8 Å². The molecule has 0 spiro atoms. The van der Waals surface area contributed by atoms with Crippen LogP contribution in [0.5, 0.6) is 11.5 Å². The Balaban J connectivity index is 2.21. The minimum absolute atomic E-state index is 0.598. The van der Waals surface area contributed by atoms with Crippen molar-refractivity contribution in [3.05, 3.63) is 48.5 Å². The lowest BCUT2D eigenvalue weighted by Crippen LogP contribution is -2.01. The van der Waals surface area contributed by atoms with Crippen molar-refractivity contribution in [2.75, 3.05) is 25.0 Å². The molecule has 0 saturated heterocycles. The van der Waals surface area contributed by atoms with Crippen molar-refractivity contribution in [3.63, 3.8) is 0 Å². The quantitative estimate of drug-likeness (QED) is 0.452. The standard InChI is InChI=1S/C18H20Cl2O2/c19-10-4-12-21-16-8-9-18(22-13-5-11-20)17(14-16)15-6-2-1-3-7-15/h1-3,6-9,14H,4-5,10-13H2. The molecule has 4 heteroatoms. The summed E-state index contributed by atoms with van der Waals surface area (Å²) in [7, 11) is 0. The normalized spacial score (nSPS) is 10.5. The molecule has 0 radical (unpaired) electrons. The Morgan fingerprint density at radius 1 is 0.773 bits per heavy atom. The van der Waals surface area contributed by atoms with Gasteiger partial charge in [-0.2, -0.15) is 0 Å². The molecule has 0 bridgehead atoms. The Labute approximate surface area is 142 Å². The van der Waals surface area contributed by atoms with Gasteiger partial charge in [-0.25, -0.2) is 0 Å². The second kappa shape index (κ2) is 9.60. The van der Waals surface area contributed by atoms with E-state index in [2.05, 4.69) is 12.1 Å². The molecule has 2 aromatic rings. The summed E-state index contributed by atoms with van der Waals surface area (Å²) in [6.07, 6.45) is 1.65. The van der Waals surface area contributed by atoms with Crippen LogP contribution in [0, 0.1) is 0 Å². The maximum absolute atomic E-state index is 5.85. The van der Waals surface area contributed by atoms with Crippen molar-refractivity contribution in [3.8, 4) is 22.6 Å². The molecular weight excluding hydrogens is 319 g/mol. The third-order valence-electron chi connectivity index (χ3n) is 3.12. The lowest BCUT2D eigenvalue weighted by molar-refractivity contribution is 0.310. The number of alkyl halides is 2. The molecule has 2 rings (SSSR count). The Hall–Kier alpha value is -1.38. The summed E-state index contributed by atoms with van der Waals surface area (Å²) >= 11 is 11.4. The van der Waals surface area contributed by atoms with Crippen LogP contribution < -0.4 is 9.47 Å². The average molecular weight is 339 g/mol. The highest BCUT2D eigenvalue weighted by atomic mass is 35.5. The number of benzene rings is 2. The van der Waals surface area contributed by atoms with E-state index in [9.17, 15) is 0 Å². The second-order valence-corrected chi connectivity index (χ2v) is 5.56. The van der Waals surface area contributed by atoms with Gasteiger partial charge >= 0.3 is 0 Å². The van der Waals surface area contributed by atoms with Crippen LogP contribution in [0.4, 0.5) is 0 Å². The lowest BCUT2D eigenvalue weighted by atomic mass is 10.0. The monoisotopic (exact) mass is 338 g/mol. The van der Waals surface area contributed by atoms with Gasteiger partial charge in [0.15, 0.2) is 0 Å². The fourth-order valence-electron chi connectivity index (χ4n) is 2.05. The van der Waals surface area contributed by atoms with Crippen LogP contribution in [0.1, 0.15) is 12.8 Å². The fraction of sp³-hybridized carbons (Fsp3) is 0.333. The molecule has 0 heterocycles. The van der Waals surface area contributed by atoms with Crippen LogP contribution in [-0.4, -0.2) is 25.0 Å². The van der Waals surface area contributed by atoms with Gasteiger partial charge in [0.25, 0.3) is 0 Å². The molecule has 2 aromatic carbocycles. The van der Waals surface area contributed by atoms with Gasteiger partial charge in [-0.1, -0.05) is 30.3 Å². The number of hydrogen-bond donors (Lipinski definition) is 0. The maximum atomic E-state index is 5.85. The highest BCUT2D eigenvalue weighted by Crippen LogP contribution is 2.33. The molecular formula is C18H20Cl2O2. The van der Waals surface area contributed by atoms with Crippen molar-refractivity contribution in [2.24, 2.45) is 0 Å². The second-order valence-electron chi connectivity index (χ2n) is 4.81. The molecule has 0 aromatic heterocycles. The maximum Gasteiger partial charge on any atom is 0.127 e. The van der Waals surface area contributed by atoms with E-state index >= 15 is 0 Å². The van der Waals surface area contributed by atoms with Crippen LogP contribution in [0.3, 0.4) is 0 Å². The van der Waals surface area contributed by atoms with E-state index in [-0.39, 0.29) is 0 Å². The van der Waals surface area contributed by atoms with Gasteiger partial charge in [-0.15, -0.1) is 23.2 Å². The van der Waals surface area contributed by atoms with Crippen LogP contribution in [0.15, 0.2) is 48.5 Å². The highest BCUT2D eigenvalue weighted by Gasteiger charge is 2.08. The summed E-state index contributed by atoms with van der Waals surface area (Å²) < 4.78 is 11.6. The first-order valence-electron chi connectivity index (χ1n) is 7.42. The minimum Gasteiger partial charge on any atom is -0.494 e. The molecule has 2 nitrogen and oxygen atoms in total. The van der Waals surface area contributed by atoms with Gasteiger partial charge in [-0.05, 0) is 36.6 Å². The Bertz CT molecular complexity index is 558. The molecule has 0 fully saturated rings. The molecule has 0 saturated carbocycles. The third kappa shape index (κ3) is 5.11. The van der Waals surface area contributed by atoms with E-state index in [4.69, 9.17) is 32.7 Å². The number of rotatable bonds is 9. The van der Waals surface area contributed by atoms with Crippen LogP contribution in [0.25, 0.3) is 11.1 Å². The molecule has 0 aliphatic rings. The molecule has 118 valence electrons. The van der Waals surface area contributed by atoms with Crippen molar-refractivity contribution >= 4 is 23.2 Å². The molecule has 0 unspecified atom stereocenters. The molecule has 0 aliphatic heterocycles. The van der Waals surface area contributed by atoms with Crippen LogP contribution in [-0.2, 0) is 0 Å². The SMILES string of the molecule is ClCCCOc1ccc(OCCCCl)c(-c2ccccc2)c1. The zero-order valence-electron chi connectivity index (χ0n) is 12.4. The van der Waals surface area contributed by atoms with E-state index in [1.54, 1.807) is 0 Å². The largest absolute Gasteiger partial charge is 0.494 e. The Kier molecular flexibility index (Phi) is 7.41. The van der Waals surface area contributed by atoms with Crippen LogP contribution >= 0.6 is 23.2 Å². The number of hydrogen-bond acceptors (Lipinski definition) is 2. The Morgan fingerprint density at radius 2 is 1.45 bits per heavy atom. The van der Waals surface area contributed by atoms with E-state index in [1.807, 2.05) is 36.4 Å². The van der Waals surface area contributed by atoms with Gasteiger partial charge in [0.2, 0.25) is 0 Å². The van der Waals surface area contributed by atoms with E-state index in [1.165, 1.54) is 0 Å². The van der Waals surface area contributed by atoms with E-state index < -0.39 is 0 Å². The summed E-state index contributed by atoms with van der Waals surface area (Å²) in [5.74, 6) is 2.88. The molecule has 0 amide bonds. The summed E-state index contributed by atoms with van der Waals surface area (Å²) in [5.41, 5.74) is 2.13. The summed E-state index contributed by atoms with van der Waals surface area (Å²) in [6.45, 7) is 1.22. The van der Waals surface area contributed by atoms with E-state index in [0.717, 1.165) is 35.5 Å². The third-order valence-corrected chi connectivity index (χ3v) is 3.65. The van der Waals surface area contributed by atoms with Gasteiger partial charge in [0.05, 0.1) is 13.2 Å². The zero-order chi connectivity index (χ0) is 15.6. The smallest absolute Gasteiger partial charge is 0.127 e.